The minimum atomic E-state index is -1.10. The zero-order valence-corrected chi connectivity index (χ0v) is 16.0. The summed E-state index contributed by atoms with van der Waals surface area (Å²) < 4.78 is 24.1. The smallest absolute Gasteiger partial charge is 0.184 e. The summed E-state index contributed by atoms with van der Waals surface area (Å²) in [6.07, 6.45) is -4.18. The number of aliphatic hydroxyl groups is 2. The summed E-state index contributed by atoms with van der Waals surface area (Å²) in [4.78, 5) is 3.91. The minimum absolute atomic E-state index is 0.278. The molecule has 0 saturated carbocycles. The molecule has 2 aliphatic heterocycles. The van der Waals surface area contributed by atoms with Crippen LogP contribution >= 0.6 is 0 Å². The summed E-state index contributed by atoms with van der Waals surface area (Å²) in [6.45, 7) is 3.87. The third-order valence-corrected chi connectivity index (χ3v) is 5.12. The lowest BCUT2D eigenvalue weighted by Gasteiger charge is -2.47. The Kier molecular flexibility index (Phi) is 6.34. The van der Waals surface area contributed by atoms with Gasteiger partial charge in [-0.2, -0.15) is 0 Å². The maximum atomic E-state index is 10.4. The molecule has 0 aliphatic carbocycles. The average molecular weight is 399 g/mol. The van der Waals surface area contributed by atoms with E-state index in [9.17, 15) is 10.2 Å². The fraction of sp³-hybridized carbons (Fsp3) is 0.409. The van der Waals surface area contributed by atoms with Crippen LogP contribution in [0.25, 0.3) is 0 Å². The van der Waals surface area contributed by atoms with Gasteiger partial charge in [-0.15, -0.1) is 0 Å². The van der Waals surface area contributed by atoms with Crippen LogP contribution in [0.2, 0.25) is 0 Å². The fourth-order valence-corrected chi connectivity index (χ4v) is 3.69. The van der Waals surface area contributed by atoms with E-state index in [-0.39, 0.29) is 6.61 Å². The number of rotatable bonds is 6. The Hall–Kier alpha value is -2.13. The monoisotopic (exact) mass is 399 g/mol. The first kappa shape index (κ1) is 20.2. The van der Waals surface area contributed by atoms with Crippen LogP contribution in [-0.4, -0.2) is 54.6 Å². The minimum Gasteiger partial charge on any atom is -0.394 e. The molecule has 0 radical (unpaired) electrons. The van der Waals surface area contributed by atoms with Crippen LogP contribution in [0.5, 0.6) is 0 Å². The molecular formula is C22H25NO6. The molecule has 7 nitrogen and oxygen atoms in total. The van der Waals surface area contributed by atoms with Crippen molar-refractivity contribution in [3.8, 4) is 0 Å². The Labute approximate surface area is 169 Å². The van der Waals surface area contributed by atoms with E-state index in [0.717, 1.165) is 16.7 Å². The van der Waals surface area contributed by atoms with Crippen molar-refractivity contribution in [2.24, 2.45) is 4.99 Å². The zero-order valence-electron chi connectivity index (χ0n) is 16.0. The fourth-order valence-electron chi connectivity index (χ4n) is 3.69. The van der Waals surface area contributed by atoms with Gasteiger partial charge in [0, 0.05) is 11.1 Å². The Bertz CT molecular complexity index is 816. The summed E-state index contributed by atoms with van der Waals surface area (Å²) in [5.41, 5.74) is 2.67. The van der Waals surface area contributed by atoms with Crippen LogP contribution in [-0.2, 0) is 25.5 Å². The number of benzene rings is 2. The van der Waals surface area contributed by atoms with E-state index in [4.69, 9.17) is 18.9 Å². The zero-order chi connectivity index (χ0) is 20.2. The number of nitrogens with zero attached hydrogens (tertiary/aromatic N) is 1. The number of fused-ring (bicyclic) bond motifs is 1. The number of hydrogen-bond donors (Lipinski definition) is 2. The summed E-state index contributed by atoms with van der Waals surface area (Å²) >= 11 is 0. The third kappa shape index (κ3) is 4.40. The van der Waals surface area contributed by atoms with Gasteiger partial charge in [0.15, 0.2) is 12.6 Å². The maximum absolute atomic E-state index is 10.4. The molecule has 2 aromatic carbocycles. The van der Waals surface area contributed by atoms with Crippen molar-refractivity contribution < 1.29 is 29.2 Å². The van der Waals surface area contributed by atoms with Crippen LogP contribution < -0.4 is 0 Å². The van der Waals surface area contributed by atoms with Crippen LogP contribution in [0.15, 0.2) is 59.6 Å². The van der Waals surface area contributed by atoms with Gasteiger partial charge in [-0.05, 0) is 18.3 Å². The van der Waals surface area contributed by atoms with Gasteiger partial charge in [-0.25, -0.2) is 0 Å². The quantitative estimate of drug-likeness (QED) is 0.724. The van der Waals surface area contributed by atoms with E-state index in [1.807, 2.05) is 54.6 Å². The van der Waals surface area contributed by atoms with Crippen molar-refractivity contribution in [2.45, 2.75) is 43.5 Å². The van der Waals surface area contributed by atoms with Gasteiger partial charge in [0.05, 0.1) is 19.8 Å². The van der Waals surface area contributed by atoms with E-state index in [0.29, 0.717) is 6.54 Å². The SMILES string of the molecule is C=NCc1cccc(C2OCC3OC(c4ccccc4)OC(C(O)CO)C3O2)c1. The highest BCUT2D eigenvalue weighted by Gasteiger charge is 2.48. The maximum Gasteiger partial charge on any atom is 0.184 e. The van der Waals surface area contributed by atoms with E-state index in [2.05, 4.69) is 11.7 Å². The summed E-state index contributed by atoms with van der Waals surface area (Å²) in [6, 6.07) is 17.2. The number of aliphatic hydroxyl groups excluding tert-OH is 2. The molecule has 2 heterocycles. The summed E-state index contributed by atoms with van der Waals surface area (Å²) in [7, 11) is 0. The lowest BCUT2D eigenvalue weighted by atomic mass is 9.99. The second-order valence-electron chi connectivity index (χ2n) is 7.16. The van der Waals surface area contributed by atoms with E-state index >= 15 is 0 Å². The predicted molar refractivity (Wildman–Crippen MR) is 105 cm³/mol. The Morgan fingerprint density at radius 2 is 1.79 bits per heavy atom. The first-order valence-corrected chi connectivity index (χ1v) is 9.62. The lowest BCUT2D eigenvalue weighted by molar-refractivity contribution is -0.373. The molecule has 0 spiro atoms. The second kappa shape index (κ2) is 9.13. The standard InChI is InChI=1S/C22H25NO6/c1-23-11-14-6-5-9-16(10-14)21-26-13-18-20(29-21)19(17(25)12-24)28-22(27-18)15-7-3-2-4-8-15/h2-10,17-22,24-25H,1,11-13H2. The molecule has 29 heavy (non-hydrogen) atoms. The molecule has 0 aromatic heterocycles. The molecule has 2 saturated heterocycles. The van der Waals surface area contributed by atoms with Crippen molar-refractivity contribution in [2.75, 3.05) is 13.2 Å². The van der Waals surface area contributed by atoms with Crippen molar-refractivity contribution in [1.29, 1.82) is 0 Å². The molecule has 7 heteroatoms. The molecule has 4 rings (SSSR count). The molecule has 2 aliphatic rings. The molecule has 0 bridgehead atoms. The van der Waals surface area contributed by atoms with Gasteiger partial charge in [0.2, 0.25) is 0 Å². The van der Waals surface area contributed by atoms with E-state index in [1.54, 1.807) is 0 Å². The van der Waals surface area contributed by atoms with Crippen molar-refractivity contribution in [3.63, 3.8) is 0 Å². The molecule has 2 fully saturated rings. The van der Waals surface area contributed by atoms with Crippen LogP contribution in [0.4, 0.5) is 0 Å². The van der Waals surface area contributed by atoms with Gasteiger partial charge in [-0.3, -0.25) is 4.99 Å². The average Bonchev–Trinajstić information content (AvgIpc) is 2.78. The Balaban J connectivity index is 1.54. The number of aliphatic imine (C=N–C) groups is 1. The number of ether oxygens (including phenoxy) is 4. The highest BCUT2D eigenvalue weighted by atomic mass is 16.8. The van der Waals surface area contributed by atoms with E-state index < -0.39 is 43.6 Å². The summed E-state index contributed by atoms with van der Waals surface area (Å²) in [5.74, 6) is 0. The molecular weight excluding hydrogens is 374 g/mol. The lowest BCUT2D eigenvalue weighted by Crippen LogP contribution is -2.58. The van der Waals surface area contributed by atoms with Crippen LogP contribution in [0.1, 0.15) is 29.3 Å². The van der Waals surface area contributed by atoms with Gasteiger partial charge in [0.25, 0.3) is 0 Å². The Morgan fingerprint density at radius 1 is 1.00 bits per heavy atom. The summed E-state index contributed by atoms with van der Waals surface area (Å²) in [5, 5.41) is 19.9. The van der Waals surface area contributed by atoms with Gasteiger partial charge in [0.1, 0.15) is 24.4 Å². The van der Waals surface area contributed by atoms with Gasteiger partial charge in [-0.1, -0.05) is 48.5 Å². The van der Waals surface area contributed by atoms with E-state index in [1.165, 1.54) is 0 Å². The largest absolute Gasteiger partial charge is 0.394 e. The molecule has 6 atom stereocenters. The Morgan fingerprint density at radius 3 is 2.55 bits per heavy atom. The van der Waals surface area contributed by atoms with Crippen LogP contribution in [0.3, 0.4) is 0 Å². The van der Waals surface area contributed by atoms with Crippen molar-refractivity contribution >= 4 is 6.72 Å². The first-order chi connectivity index (χ1) is 14.2. The predicted octanol–water partition coefficient (Wildman–Crippen LogP) is 2.14. The first-order valence-electron chi connectivity index (χ1n) is 9.62. The third-order valence-electron chi connectivity index (χ3n) is 5.12. The van der Waals surface area contributed by atoms with Gasteiger partial charge < -0.3 is 29.2 Å². The molecule has 154 valence electrons. The molecule has 2 aromatic rings. The second-order valence-corrected chi connectivity index (χ2v) is 7.16. The normalized spacial score (nSPS) is 30.3. The highest BCUT2D eigenvalue weighted by Crippen LogP contribution is 2.38. The van der Waals surface area contributed by atoms with Crippen LogP contribution in [0, 0.1) is 0 Å². The molecule has 6 unspecified atom stereocenters. The van der Waals surface area contributed by atoms with Gasteiger partial charge >= 0.3 is 0 Å². The van der Waals surface area contributed by atoms with Crippen molar-refractivity contribution in [3.05, 3.63) is 71.3 Å². The molecule has 0 amide bonds. The highest BCUT2D eigenvalue weighted by molar-refractivity contribution is 5.28. The topological polar surface area (TPSA) is 89.7 Å². The van der Waals surface area contributed by atoms with Crippen molar-refractivity contribution in [1.82, 2.24) is 0 Å². The molecule has 2 N–H and O–H groups in total. The number of hydrogen-bond acceptors (Lipinski definition) is 7.